The van der Waals surface area contributed by atoms with Gasteiger partial charge in [-0.15, -0.1) is 24.0 Å². The maximum atomic E-state index is 10.2. The van der Waals surface area contributed by atoms with Crippen LogP contribution in [0.4, 0.5) is 0 Å². The highest BCUT2D eigenvalue weighted by Gasteiger charge is 2.30. The Labute approximate surface area is 166 Å². The second-order valence-electron chi connectivity index (χ2n) is 6.26. The first-order valence-corrected chi connectivity index (χ1v) is 8.84. The first-order valence-electron chi connectivity index (χ1n) is 8.84. The van der Waals surface area contributed by atoms with Gasteiger partial charge in [-0.3, -0.25) is 4.90 Å². The summed E-state index contributed by atoms with van der Waals surface area (Å²) in [6, 6.07) is 4.12. The summed E-state index contributed by atoms with van der Waals surface area (Å²) in [6.07, 6.45) is 2.01. The van der Waals surface area contributed by atoms with Crippen molar-refractivity contribution in [2.24, 2.45) is 4.99 Å². The number of rotatable bonds is 5. The molecule has 2 aliphatic heterocycles. The van der Waals surface area contributed by atoms with Gasteiger partial charge in [-0.25, -0.2) is 4.99 Å². The van der Waals surface area contributed by atoms with E-state index in [9.17, 15) is 5.11 Å². The number of likely N-dealkylation sites (tertiary alicyclic amines) is 1. The summed E-state index contributed by atoms with van der Waals surface area (Å²) in [4.78, 5) is 9.42. The van der Waals surface area contributed by atoms with E-state index >= 15 is 0 Å². The first kappa shape index (κ1) is 20.5. The molecule has 0 bridgehead atoms. The Balaban J connectivity index is 0.00000225. The molecule has 8 heteroatoms. The monoisotopic (exact) mass is 464 g/mol. The first-order chi connectivity index (χ1) is 11.8. The number of aliphatic imine (C=N–C) groups is 1. The molecule has 2 unspecified atom stereocenters. The average Bonchev–Trinajstić information content (AvgIpc) is 3.30. The number of hydrogen-bond donors (Lipinski definition) is 2. The number of nitrogens with one attached hydrogen (secondary N) is 1. The summed E-state index contributed by atoms with van der Waals surface area (Å²) >= 11 is 0. The second-order valence-corrected chi connectivity index (χ2v) is 6.26. The molecule has 0 aromatic carbocycles. The molecule has 0 aliphatic carbocycles. The molecule has 2 aliphatic rings. The quantitative estimate of drug-likeness (QED) is 0.389. The number of furan rings is 1. The largest absolute Gasteiger partial charge is 0.467 e. The van der Waals surface area contributed by atoms with Crippen LogP contribution in [0.1, 0.15) is 25.2 Å². The van der Waals surface area contributed by atoms with Crippen LogP contribution in [0.3, 0.4) is 0 Å². The predicted molar refractivity (Wildman–Crippen MR) is 107 cm³/mol. The van der Waals surface area contributed by atoms with Gasteiger partial charge >= 0.3 is 0 Å². The number of aliphatic hydroxyl groups excluding tert-OH is 1. The molecule has 25 heavy (non-hydrogen) atoms. The molecule has 0 spiro atoms. The molecule has 3 rings (SSSR count). The molecule has 142 valence electrons. The van der Waals surface area contributed by atoms with Gasteiger partial charge in [-0.1, -0.05) is 0 Å². The number of aliphatic hydroxyl groups is 1. The molecule has 2 atom stereocenters. The molecule has 7 nitrogen and oxygen atoms in total. The molecular weight excluding hydrogens is 435 g/mol. The van der Waals surface area contributed by atoms with Crippen molar-refractivity contribution in [2.75, 3.05) is 52.5 Å². The Morgan fingerprint density at radius 3 is 2.88 bits per heavy atom. The van der Waals surface area contributed by atoms with Crippen LogP contribution in [0.2, 0.25) is 0 Å². The van der Waals surface area contributed by atoms with E-state index in [0.29, 0.717) is 18.3 Å². The topological polar surface area (TPSA) is 73.5 Å². The van der Waals surface area contributed by atoms with Crippen molar-refractivity contribution in [1.82, 2.24) is 15.1 Å². The summed E-state index contributed by atoms with van der Waals surface area (Å²) in [5.41, 5.74) is 0. The van der Waals surface area contributed by atoms with Gasteiger partial charge in [0, 0.05) is 38.8 Å². The number of halogens is 1. The molecule has 0 saturated carbocycles. The van der Waals surface area contributed by atoms with Crippen molar-refractivity contribution in [2.45, 2.75) is 25.5 Å². The van der Waals surface area contributed by atoms with Crippen molar-refractivity contribution < 1.29 is 14.3 Å². The molecule has 1 aromatic rings. The standard InChI is InChI=1S/C17H28N4O3.HI/c1-2-18-17(19-12-15(22)16-4-3-9-24-16)21-6-5-14(13-21)20-7-10-23-11-8-20;/h3-4,9,14-15,22H,2,5-8,10-13H2,1H3,(H,18,19);1H. The Bertz CT molecular complexity index is 520. The second kappa shape index (κ2) is 10.3. The zero-order valence-electron chi connectivity index (χ0n) is 14.8. The van der Waals surface area contributed by atoms with Crippen LogP contribution in [0, 0.1) is 0 Å². The predicted octanol–water partition coefficient (Wildman–Crippen LogP) is 1.30. The van der Waals surface area contributed by atoms with Crippen LogP contribution in [-0.4, -0.2) is 79.4 Å². The summed E-state index contributed by atoms with van der Waals surface area (Å²) < 4.78 is 10.7. The summed E-state index contributed by atoms with van der Waals surface area (Å²) in [7, 11) is 0. The Morgan fingerprint density at radius 2 is 2.20 bits per heavy atom. The van der Waals surface area contributed by atoms with Crippen molar-refractivity contribution in [3.05, 3.63) is 24.2 Å². The van der Waals surface area contributed by atoms with E-state index in [1.165, 1.54) is 0 Å². The highest BCUT2D eigenvalue weighted by molar-refractivity contribution is 14.0. The fourth-order valence-corrected chi connectivity index (χ4v) is 3.34. The van der Waals surface area contributed by atoms with Crippen molar-refractivity contribution in [3.63, 3.8) is 0 Å². The number of hydrogen-bond acceptors (Lipinski definition) is 5. The summed E-state index contributed by atoms with van der Waals surface area (Å²) in [5.74, 6) is 1.43. The SMILES string of the molecule is CCNC(=NCC(O)c1ccco1)N1CCC(N2CCOCC2)C1.I. The van der Waals surface area contributed by atoms with E-state index < -0.39 is 6.10 Å². The minimum absolute atomic E-state index is 0. The molecule has 0 radical (unpaired) electrons. The zero-order chi connectivity index (χ0) is 16.8. The Morgan fingerprint density at radius 1 is 1.40 bits per heavy atom. The van der Waals surface area contributed by atoms with Gasteiger partial charge in [0.25, 0.3) is 0 Å². The maximum Gasteiger partial charge on any atom is 0.194 e. The van der Waals surface area contributed by atoms with Crippen LogP contribution in [-0.2, 0) is 4.74 Å². The summed E-state index contributed by atoms with van der Waals surface area (Å²) in [6.45, 7) is 8.84. The van der Waals surface area contributed by atoms with Gasteiger partial charge < -0.3 is 24.5 Å². The third-order valence-corrected chi connectivity index (χ3v) is 4.65. The van der Waals surface area contributed by atoms with E-state index in [0.717, 1.165) is 58.3 Å². The lowest BCUT2D eigenvalue weighted by Crippen LogP contribution is -2.46. The lowest BCUT2D eigenvalue weighted by atomic mass is 10.2. The fourth-order valence-electron chi connectivity index (χ4n) is 3.34. The van der Waals surface area contributed by atoms with Crippen LogP contribution in [0.15, 0.2) is 27.8 Å². The molecule has 2 saturated heterocycles. The molecule has 2 N–H and O–H groups in total. The van der Waals surface area contributed by atoms with Gasteiger partial charge in [-0.2, -0.15) is 0 Å². The Hall–Kier alpha value is -0.840. The zero-order valence-corrected chi connectivity index (χ0v) is 17.1. The number of morpholine rings is 1. The van der Waals surface area contributed by atoms with Crippen molar-refractivity contribution >= 4 is 29.9 Å². The summed E-state index contributed by atoms with van der Waals surface area (Å²) in [5, 5.41) is 13.5. The lowest BCUT2D eigenvalue weighted by molar-refractivity contribution is 0.0194. The normalized spacial score (nSPS) is 23.4. The molecular formula is C17H29IN4O3. The molecule has 1 aromatic heterocycles. The molecule has 2 fully saturated rings. The lowest BCUT2D eigenvalue weighted by Gasteiger charge is -2.32. The number of guanidine groups is 1. The third kappa shape index (κ3) is 5.57. The molecule has 3 heterocycles. The highest BCUT2D eigenvalue weighted by atomic mass is 127. The van der Waals surface area contributed by atoms with Gasteiger partial charge in [0.15, 0.2) is 5.96 Å². The van der Waals surface area contributed by atoms with Crippen molar-refractivity contribution in [3.8, 4) is 0 Å². The van der Waals surface area contributed by atoms with Crippen molar-refractivity contribution in [1.29, 1.82) is 0 Å². The van der Waals surface area contributed by atoms with E-state index in [1.54, 1.807) is 18.4 Å². The van der Waals surface area contributed by atoms with Gasteiger partial charge in [0.2, 0.25) is 0 Å². The van der Waals surface area contributed by atoms with Crippen LogP contribution >= 0.6 is 24.0 Å². The van der Waals surface area contributed by atoms with Crippen LogP contribution in [0.25, 0.3) is 0 Å². The minimum Gasteiger partial charge on any atom is -0.467 e. The molecule has 0 amide bonds. The van der Waals surface area contributed by atoms with Gasteiger partial charge in [0.05, 0.1) is 26.0 Å². The van der Waals surface area contributed by atoms with Gasteiger partial charge in [0.1, 0.15) is 11.9 Å². The van der Waals surface area contributed by atoms with Crippen LogP contribution in [0.5, 0.6) is 0 Å². The fraction of sp³-hybridized carbons (Fsp3) is 0.706. The maximum absolute atomic E-state index is 10.2. The smallest absolute Gasteiger partial charge is 0.194 e. The minimum atomic E-state index is -0.703. The van der Waals surface area contributed by atoms with E-state index in [4.69, 9.17) is 9.15 Å². The van der Waals surface area contributed by atoms with E-state index in [2.05, 4.69) is 27.0 Å². The van der Waals surface area contributed by atoms with E-state index in [1.807, 2.05) is 0 Å². The van der Waals surface area contributed by atoms with Crippen LogP contribution < -0.4 is 5.32 Å². The number of ether oxygens (including phenoxy) is 1. The highest BCUT2D eigenvalue weighted by Crippen LogP contribution is 2.18. The van der Waals surface area contributed by atoms with Gasteiger partial charge in [-0.05, 0) is 25.5 Å². The van der Waals surface area contributed by atoms with E-state index in [-0.39, 0.29) is 24.0 Å². The third-order valence-electron chi connectivity index (χ3n) is 4.65. The average molecular weight is 464 g/mol. The Kier molecular flexibility index (Phi) is 8.47. The number of nitrogens with zero attached hydrogens (tertiary/aromatic N) is 3.